The molecule has 0 fully saturated rings. The van der Waals surface area contributed by atoms with E-state index in [0.717, 1.165) is 80.5 Å². The number of aromatic nitrogens is 8. The van der Waals surface area contributed by atoms with Crippen molar-refractivity contribution in [2.24, 2.45) is 0 Å². The van der Waals surface area contributed by atoms with Gasteiger partial charge in [-0.3, -0.25) is 9.80 Å². The van der Waals surface area contributed by atoms with Gasteiger partial charge in [-0.1, -0.05) is 72.3 Å². The summed E-state index contributed by atoms with van der Waals surface area (Å²) in [5.74, 6) is 3.73. The largest absolute Gasteiger partial charge is 0.341 e. The van der Waals surface area contributed by atoms with Crippen LogP contribution in [0, 0.1) is 6.92 Å². The van der Waals surface area contributed by atoms with Gasteiger partial charge >= 0.3 is 0 Å². The standard InChI is InChI=1S/C41H38N10/c1-27-18-28(21-50(23-38-42-30-10-2-3-11-31(30)43-38)24-39-44-32-12-4-5-13-33(32)45-39)20-29(19-27)22-51(25-40-46-34-14-6-7-15-35(34)47-40)26-41-48-36-16-8-9-17-37(36)49-41/h2-20H,21-26H2,1H3,(H,42,43)(H,44,45)(H,46,47)(H,48,49). The Kier molecular flexibility index (Phi) is 8.07. The molecule has 0 radical (unpaired) electrons. The fourth-order valence-electron chi connectivity index (χ4n) is 7.15. The maximum atomic E-state index is 4.91. The van der Waals surface area contributed by atoms with Crippen molar-refractivity contribution in [1.29, 1.82) is 0 Å². The summed E-state index contributed by atoms with van der Waals surface area (Å²) < 4.78 is 0. The van der Waals surface area contributed by atoms with Crippen molar-refractivity contribution in [3.63, 3.8) is 0 Å². The second kappa shape index (κ2) is 13.3. The van der Waals surface area contributed by atoms with Crippen LogP contribution in [0.1, 0.15) is 40.0 Å². The Morgan fingerprint density at radius 3 is 0.980 bits per heavy atom. The van der Waals surface area contributed by atoms with Gasteiger partial charge in [0.1, 0.15) is 23.3 Å². The number of hydrogen-bond acceptors (Lipinski definition) is 6. The molecule has 4 heterocycles. The second-order valence-electron chi connectivity index (χ2n) is 13.4. The number of nitrogens with one attached hydrogen (secondary N) is 4. The Hall–Kier alpha value is -6.10. The van der Waals surface area contributed by atoms with E-state index < -0.39 is 0 Å². The van der Waals surface area contributed by atoms with E-state index in [0.29, 0.717) is 26.2 Å². The second-order valence-corrected chi connectivity index (χ2v) is 13.4. The van der Waals surface area contributed by atoms with Gasteiger partial charge in [-0.2, -0.15) is 0 Å². The predicted octanol–water partition coefficient (Wildman–Crippen LogP) is 7.91. The van der Waals surface area contributed by atoms with Crippen LogP contribution in [0.4, 0.5) is 0 Å². The zero-order chi connectivity index (χ0) is 34.1. The minimum absolute atomic E-state index is 0.652. The average Bonchev–Trinajstić information content (AvgIpc) is 3.91. The Balaban J connectivity index is 1.01. The number of imidazole rings is 4. The summed E-state index contributed by atoms with van der Waals surface area (Å²) in [5, 5.41) is 0. The lowest BCUT2D eigenvalue weighted by Gasteiger charge is -2.23. The molecule has 0 aliphatic carbocycles. The van der Waals surface area contributed by atoms with Gasteiger partial charge in [0.15, 0.2) is 0 Å². The van der Waals surface area contributed by atoms with Gasteiger partial charge < -0.3 is 19.9 Å². The number of para-hydroxylation sites is 8. The molecule has 0 spiro atoms. The highest BCUT2D eigenvalue weighted by Gasteiger charge is 2.17. The van der Waals surface area contributed by atoms with E-state index in [4.69, 9.17) is 19.9 Å². The molecule has 252 valence electrons. The van der Waals surface area contributed by atoms with Gasteiger partial charge in [-0.25, -0.2) is 19.9 Å². The number of rotatable bonds is 12. The molecular weight excluding hydrogens is 633 g/mol. The predicted molar refractivity (Wildman–Crippen MR) is 201 cm³/mol. The van der Waals surface area contributed by atoms with Crippen LogP contribution in [-0.4, -0.2) is 49.7 Å². The van der Waals surface area contributed by atoms with E-state index in [-0.39, 0.29) is 0 Å². The van der Waals surface area contributed by atoms with E-state index in [9.17, 15) is 0 Å². The molecule has 9 aromatic rings. The van der Waals surface area contributed by atoms with Crippen LogP contribution in [0.15, 0.2) is 115 Å². The first-order chi connectivity index (χ1) is 25.1. The summed E-state index contributed by atoms with van der Waals surface area (Å²) >= 11 is 0. The highest BCUT2D eigenvalue weighted by molar-refractivity contribution is 5.76. The lowest BCUT2D eigenvalue weighted by molar-refractivity contribution is 0.233. The van der Waals surface area contributed by atoms with Gasteiger partial charge in [0, 0.05) is 13.1 Å². The SMILES string of the molecule is Cc1cc(CN(Cc2nc3ccccc3[nH]2)Cc2nc3ccccc3[nH]2)cc(CN(Cc2nc3ccccc3[nH]2)Cc2nc3ccccc3[nH]2)c1. The van der Waals surface area contributed by atoms with E-state index in [1.807, 2.05) is 72.8 Å². The normalized spacial score (nSPS) is 12.1. The molecule has 9 rings (SSSR count). The van der Waals surface area contributed by atoms with Gasteiger partial charge in [-0.05, 0) is 66.6 Å². The van der Waals surface area contributed by atoms with E-state index >= 15 is 0 Å². The van der Waals surface area contributed by atoms with Crippen LogP contribution < -0.4 is 0 Å². The molecule has 0 aliphatic heterocycles. The van der Waals surface area contributed by atoms with Crippen LogP contribution in [0.2, 0.25) is 0 Å². The minimum atomic E-state index is 0.652. The fourth-order valence-corrected chi connectivity index (χ4v) is 7.15. The number of aryl methyl sites for hydroxylation is 1. The highest BCUT2D eigenvalue weighted by atomic mass is 15.2. The number of fused-ring (bicyclic) bond motifs is 4. The topological polar surface area (TPSA) is 121 Å². The summed E-state index contributed by atoms with van der Waals surface area (Å²) in [6.45, 7) is 6.25. The smallest absolute Gasteiger partial charge is 0.121 e. The Bertz CT molecular complexity index is 2150. The first kappa shape index (κ1) is 30.9. The molecule has 0 saturated carbocycles. The third-order valence-corrected chi connectivity index (χ3v) is 9.26. The monoisotopic (exact) mass is 670 g/mol. The van der Waals surface area contributed by atoms with Crippen LogP contribution >= 0.6 is 0 Å². The van der Waals surface area contributed by atoms with Crippen LogP contribution in [0.25, 0.3) is 44.1 Å². The zero-order valence-corrected chi connectivity index (χ0v) is 28.4. The van der Waals surface area contributed by atoms with Crippen LogP contribution in [0.3, 0.4) is 0 Å². The highest BCUT2D eigenvalue weighted by Crippen LogP contribution is 2.22. The number of H-pyrrole nitrogens is 4. The molecule has 4 N–H and O–H groups in total. The van der Waals surface area contributed by atoms with Crippen molar-refractivity contribution in [3.05, 3.63) is 155 Å². The lowest BCUT2D eigenvalue weighted by atomic mass is 10.1. The molecular formula is C41H38N10. The summed E-state index contributed by atoms with van der Waals surface area (Å²) in [4.78, 5) is 38.6. The Morgan fingerprint density at radius 2 is 0.686 bits per heavy atom. The van der Waals surface area contributed by atoms with Crippen molar-refractivity contribution in [3.8, 4) is 0 Å². The summed E-state index contributed by atoms with van der Waals surface area (Å²) in [5.41, 5.74) is 11.8. The lowest BCUT2D eigenvalue weighted by Crippen LogP contribution is -2.25. The maximum Gasteiger partial charge on any atom is 0.121 e. The molecule has 0 amide bonds. The molecule has 10 nitrogen and oxygen atoms in total. The van der Waals surface area contributed by atoms with Gasteiger partial charge in [0.25, 0.3) is 0 Å². The molecule has 4 aromatic heterocycles. The molecule has 0 saturated heterocycles. The van der Waals surface area contributed by atoms with Gasteiger partial charge in [-0.15, -0.1) is 0 Å². The first-order valence-electron chi connectivity index (χ1n) is 17.3. The average molecular weight is 671 g/mol. The van der Waals surface area contributed by atoms with Crippen molar-refractivity contribution in [2.75, 3.05) is 0 Å². The molecule has 10 heteroatoms. The van der Waals surface area contributed by atoms with Crippen molar-refractivity contribution >= 4 is 44.1 Å². The van der Waals surface area contributed by atoms with Crippen molar-refractivity contribution in [1.82, 2.24) is 49.7 Å². The quantitative estimate of drug-likeness (QED) is 0.105. The van der Waals surface area contributed by atoms with Gasteiger partial charge in [0.2, 0.25) is 0 Å². The van der Waals surface area contributed by atoms with E-state index in [2.05, 4.69) is 79.1 Å². The van der Waals surface area contributed by atoms with E-state index in [1.165, 1.54) is 16.7 Å². The number of aromatic amines is 4. The molecule has 0 unspecified atom stereocenters. The molecule has 5 aromatic carbocycles. The first-order valence-corrected chi connectivity index (χ1v) is 17.3. The third-order valence-electron chi connectivity index (χ3n) is 9.26. The number of nitrogens with zero attached hydrogens (tertiary/aromatic N) is 6. The Labute approximate surface area is 294 Å². The van der Waals surface area contributed by atoms with Crippen LogP contribution in [-0.2, 0) is 39.3 Å². The fraction of sp³-hybridized carbons (Fsp3) is 0.171. The number of benzene rings is 5. The molecule has 51 heavy (non-hydrogen) atoms. The van der Waals surface area contributed by atoms with Crippen LogP contribution in [0.5, 0.6) is 0 Å². The van der Waals surface area contributed by atoms with Gasteiger partial charge in [0.05, 0.1) is 70.3 Å². The minimum Gasteiger partial charge on any atom is -0.341 e. The summed E-state index contributed by atoms with van der Waals surface area (Å²) in [6.07, 6.45) is 0. The summed E-state index contributed by atoms with van der Waals surface area (Å²) in [6, 6.07) is 39.7. The Morgan fingerprint density at radius 1 is 0.392 bits per heavy atom. The summed E-state index contributed by atoms with van der Waals surface area (Å²) in [7, 11) is 0. The van der Waals surface area contributed by atoms with Crippen molar-refractivity contribution in [2.45, 2.75) is 46.2 Å². The molecule has 0 atom stereocenters. The third kappa shape index (κ3) is 6.87. The van der Waals surface area contributed by atoms with Crippen molar-refractivity contribution < 1.29 is 0 Å². The molecule has 0 bridgehead atoms. The van der Waals surface area contributed by atoms with E-state index in [1.54, 1.807) is 0 Å². The number of hydrogen-bond donors (Lipinski definition) is 4. The molecule has 0 aliphatic rings. The maximum absolute atomic E-state index is 4.91. The zero-order valence-electron chi connectivity index (χ0n) is 28.4.